The summed E-state index contributed by atoms with van der Waals surface area (Å²) in [6.07, 6.45) is 1.31. The maximum atomic E-state index is 13.2. The first kappa shape index (κ1) is 16.5. The lowest BCUT2D eigenvalue weighted by molar-refractivity contribution is -0.118. The number of fused-ring (bicyclic) bond motifs is 1. The van der Waals surface area contributed by atoms with Gasteiger partial charge in [0.05, 0.1) is 0 Å². The Morgan fingerprint density at radius 1 is 1.21 bits per heavy atom. The molecule has 24 heavy (non-hydrogen) atoms. The first-order chi connectivity index (χ1) is 11.6. The molecule has 0 radical (unpaired) electrons. The molecule has 0 unspecified atom stereocenters. The van der Waals surface area contributed by atoms with Crippen molar-refractivity contribution >= 4 is 5.91 Å². The second-order valence-electron chi connectivity index (χ2n) is 6.09. The number of hydrogen-bond donors (Lipinski definition) is 1. The molecular weight excluding hydrogens is 307 g/mol. The molecule has 1 aliphatic rings. The first-order valence-corrected chi connectivity index (χ1v) is 8.10. The number of ether oxygens (including phenoxy) is 1. The summed E-state index contributed by atoms with van der Waals surface area (Å²) >= 11 is 0. The minimum Gasteiger partial charge on any atom is -0.489 e. The van der Waals surface area contributed by atoms with Crippen molar-refractivity contribution in [3.05, 3.63) is 65.0 Å². The highest BCUT2D eigenvalue weighted by atomic mass is 19.1. The van der Waals surface area contributed by atoms with Crippen molar-refractivity contribution < 1.29 is 13.9 Å². The lowest BCUT2D eigenvalue weighted by Crippen LogP contribution is -2.33. The maximum absolute atomic E-state index is 13.2. The normalized spacial score (nSPS) is 14.2. The second kappa shape index (κ2) is 7.45. The van der Waals surface area contributed by atoms with E-state index in [1.807, 2.05) is 12.1 Å². The molecule has 2 N–H and O–H groups in total. The lowest BCUT2D eigenvalue weighted by atomic mass is 9.99. The molecule has 0 spiro atoms. The molecule has 0 atom stereocenters. The summed E-state index contributed by atoms with van der Waals surface area (Å²) in [6.45, 7) is 2.79. The van der Waals surface area contributed by atoms with E-state index in [2.05, 4.69) is 17.0 Å². The van der Waals surface area contributed by atoms with Crippen LogP contribution >= 0.6 is 0 Å². The van der Waals surface area contributed by atoms with Crippen LogP contribution in [0.15, 0.2) is 42.5 Å². The van der Waals surface area contributed by atoms with Gasteiger partial charge >= 0.3 is 0 Å². The van der Waals surface area contributed by atoms with Gasteiger partial charge in [-0.05, 0) is 47.4 Å². The largest absolute Gasteiger partial charge is 0.489 e. The molecule has 5 heteroatoms. The van der Waals surface area contributed by atoms with E-state index in [9.17, 15) is 9.18 Å². The predicted molar refractivity (Wildman–Crippen MR) is 90.0 cm³/mol. The van der Waals surface area contributed by atoms with Crippen LogP contribution in [0.5, 0.6) is 5.75 Å². The molecule has 4 nitrogen and oxygen atoms in total. The number of amides is 1. The summed E-state index contributed by atoms with van der Waals surface area (Å²) in [5.41, 5.74) is 8.54. The fourth-order valence-electron chi connectivity index (χ4n) is 2.93. The molecule has 2 aromatic rings. The summed E-state index contributed by atoms with van der Waals surface area (Å²) in [4.78, 5) is 13.1. The molecule has 1 aliphatic heterocycles. The van der Waals surface area contributed by atoms with Gasteiger partial charge in [-0.3, -0.25) is 9.69 Å². The van der Waals surface area contributed by atoms with Crippen molar-refractivity contribution in [1.29, 1.82) is 0 Å². The third-order valence-corrected chi connectivity index (χ3v) is 4.24. The van der Waals surface area contributed by atoms with Crippen LogP contribution in [0.3, 0.4) is 0 Å². The third kappa shape index (κ3) is 4.32. The zero-order chi connectivity index (χ0) is 16.9. The van der Waals surface area contributed by atoms with Crippen LogP contribution in [0, 0.1) is 5.82 Å². The van der Waals surface area contributed by atoms with Gasteiger partial charge in [0.1, 0.15) is 18.2 Å². The van der Waals surface area contributed by atoms with Gasteiger partial charge < -0.3 is 10.5 Å². The Kier molecular flexibility index (Phi) is 5.11. The molecule has 0 fully saturated rings. The number of nitrogens with two attached hydrogens (primary N) is 1. The number of benzene rings is 2. The standard InChI is InChI=1S/C19H21FN2O2/c20-17-3-1-2-14(10-17)13-24-18-5-4-16-12-22(9-7-19(21)23)8-6-15(16)11-18/h1-5,10-11H,6-9,12-13H2,(H2,21,23). The van der Waals surface area contributed by atoms with E-state index in [4.69, 9.17) is 10.5 Å². The van der Waals surface area contributed by atoms with Gasteiger partial charge in [0.25, 0.3) is 0 Å². The number of rotatable bonds is 6. The third-order valence-electron chi connectivity index (χ3n) is 4.24. The molecule has 0 bridgehead atoms. The zero-order valence-electron chi connectivity index (χ0n) is 13.5. The van der Waals surface area contributed by atoms with Gasteiger partial charge in [0.15, 0.2) is 0 Å². The molecule has 0 aromatic heterocycles. The molecule has 0 saturated heterocycles. The lowest BCUT2D eigenvalue weighted by Gasteiger charge is -2.28. The SMILES string of the molecule is NC(=O)CCN1CCc2cc(OCc3cccc(F)c3)ccc2C1. The molecule has 1 heterocycles. The van der Waals surface area contributed by atoms with Crippen LogP contribution in [0.25, 0.3) is 0 Å². The summed E-state index contributed by atoms with van der Waals surface area (Å²) in [6, 6.07) is 12.5. The van der Waals surface area contributed by atoms with Crippen molar-refractivity contribution in [1.82, 2.24) is 4.90 Å². The number of carbonyl (C=O) groups excluding carboxylic acids is 1. The Balaban J connectivity index is 1.60. The number of halogens is 1. The highest BCUT2D eigenvalue weighted by molar-refractivity contribution is 5.73. The van der Waals surface area contributed by atoms with Crippen molar-refractivity contribution in [2.24, 2.45) is 5.73 Å². The molecule has 3 rings (SSSR count). The van der Waals surface area contributed by atoms with E-state index < -0.39 is 0 Å². The van der Waals surface area contributed by atoms with E-state index >= 15 is 0 Å². The number of nitrogens with zero attached hydrogens (tertiary/aromatic N) is 1. The van der Waals surface area contributed by atoms with Crippen LogP contribution in [0.4, 0.5) is 4.39 Å². The average Bonchev–Trinajstić information content (AvgIpc) is 2.58. The van der Waals surface area contributed by atoms with Gasteiger partial charge in [0, 0.05) is 26.1 Å². The predicted octanol–water partition coefficient (Wildman–Crippen LogP) is 2.64. The van der Waals surface area contributed by atoms with Gasteiger partial charge in [-0.1, -0.05) is 18.2 Å². The number of hydrogen-bond acceptors (Lipinski definition) is 3. The van der Waals surface area contributed by atoms with Crippen LogP contribution in [0.2, 0.25) is 0 Å². The van der Waals surface area contributed by atoms with Crippen LogP contribution < -0.4 is 10.5 Å². The monoisotopic (exact) mass is 328 g/mol. The van der Waals surface area contributed by atoms with E-state index in [1.165, 1.54) is 23.3 Å². The Bertz CT molecular complexity index is 733. The Morgan fingerprint density at radius 2 is 2.08 bits per heavy atom. The average molecular weight is 328 g/mol. The van der Waals surface area contributed by atoms with Gasteiger partial charge in [-0.25, -0.2) is 4.39 Å². The molecule has 1 amide bonds. The Labute approximate surface area is 141 Å². The fraction of sp³-hybridized carbons (Fsp3) is 0.316. The van der Waals surface area contributed by atoms with Crippen molar-refractivity contribution in [2.45, 2.75) is 26.0 Å². The Morgan fingerprint density at radius 3 is 2.88 bits per heavy atom. The van der Waals surface area contributed by atoms with E-state index in [-0.39, 0.29) is 11.7 Å². The minimum absolute atomic E-state index is 0.252. The summed E-state index contributed by atoms with van der Waals surface area (Å²) in [7, 11) is 0. The second-order valence-corrected chi connectivity index (χ2v) is 6.09. The van der Waals surface area contributed by atoms with Crippen LogP contribution in [-0.4, -0.2) is 23.9 Å². The van der Waals surface area contributed by atoms with Gasteiger partial charge in [-0.15, -0.1) is 0 Å². The maximum Gasteiger partial charge on any atom is 0.218 e. The fourth-order valence-corrected chi connectivity index (χ4v) is 2.93. The molecule has 0 aliphatic carbocycles. The topological polar surface area (TPSA) is 55.6 Å². The molecule has 126 valence electrons. The summed E-state index contributed by atoms with van der Waals surface area (Å²) in [5, 5.41) is 0. The smallest absolute Gasteiger partial charge is 0.218 e. The van der Waals surface area contributed by atoms with Gasteiger partial charge in [-0.2, -0.15) is 0 Å². The van der Waals surface area contributed by atoms with E-state index in [0.717, 1.165) is 30.8 Å². The first-order valence-electron chi connectivity index (χ1n) is 8.10. The molecular formula is C19H21FN2O2. The number of primary amides is 1. The molecule has 0 saturated carbocycles. The number of carbonyl (C=O) groups is 1. The van der Waals surface area contributed by atoms with Crippen molar-refractivity contribution in [3.8, 4) is 5.75 Å². The van der Waals surface area contributed by atoms with Crippen LogP contribution in [0.1, 0.15) is 23.1 Å². The van der Waals surface area contributed by atoms with E-state index in [0.29, 0.717) is 19.6 Å². The summed E-state index contributed by atoms with van der Waals surface area (Å²) in [5.74, 6) is 0.281. The van der Waals surface area contributed by atoms with Crippen LogP contribution in [-0.2, 0) is 24.4 Å². The Hall–Kier alpha value is -2.40. The van der Waals surface area contributed by atoms with Crippen molar-refractivity contribution in [2.75, 3.05) is 13.1 Å². The summed E-state index contributed by atoms with van der Waals surface area (Å²) < 4.78 is 19.0. The quantitative estimate of drug-likeness (QED) is 0.887. The van der Waals surface area contributed by atoms with E-state index in [1.54, 1.807) is 6.07 Å². The zero-order valence-corrected chi connectivity index (χ0v) is 13.5. The highest BCUT2D eigenvalue weighted by Crippen LogP contribution is 2.24. The van der Waals surface area contributed by atoms with Crippen molar-refractivity contribution in [3.63, 3.8) is 0 Å². The minimum atomic E-state index is -0.262. The highest BCUT2D eigenvalue weighted by Gasteiger charge is 2.17. The molecule has 2 aromatic carbocycles. The van der Waals surface area contributed by atoms with Gasteiger partial charge in [0.2, 0.25) is 5.91 Å².